The van der Waals surface area contributed by atoms with Gasteiger partial charge in [0.05, 0.1) is 17.1 Å². The molecule has 0 aliphatic rings. The number of hydrogen-bond donors (Lipinski definition) is 1. The van der Waals surface area contributed by atoms with E-state index in [2.05, 4.69) is 23.2 Å². The lowest BCUT2D eigenvalue weighted by Crippen LogP contribution is -2.09. The summed E-state index contributed by atoms with van der Waals surface area (Å²) >= 11 is 0. The van der Waals surface area contributed by atoms with Crippen LogP contribution in [-0.4, -0.2) is 15.1 Å². The molecule has 0 amide bonds. The Hall–Kier alpha value is -2.78. The van der Waals surface area contributed by atoms with E-state index in [1.54, 1.807) is 6.20 Å². The number of fused-ring (bicyclic) bond motifs is 3. The number of rotatable bonds is 3. The normalized spacial score (nSPS) is 13.9. The minimum absolute atomic E-state index is 0.101. The van der Waals surface area contributed by atoms with E-state index < -0.39 is 6.10 Å². The molecular formula is C21H18N2O. The van der Waals surface area contributed by atoms with Crippen LogP contribution in [0.1, 0.15) is 30.2 Å². The quantitative estimate of drug-likeness (QED) is 0.561. The molecule has 2 unspecified atom stereocenters. The Morgan fingerprint density at radius 1 is 0.792 bits per heavy atom. The molecule has 3 nitrogen and oxygen atoms in total. The first-order valence-corrected chi connectivity index (χ1v) is 8.11. The highest BCUT2D eigenvalue weighted by Gasteiger charge is 2.19. The first-order chi connectivity index (χ1) is 11.7. The van der Waals surface area contributed by atoms with Crippen LogP contribution in [0.3, 0.4) is 0 Å². The van der Waals surface area contributed by atoms with Gasteiger partial charge in [-0.2, -0.15) is 0 Å². The summed E-state index contributed by atoms with van der Waals surface area (Å²) in [6.45, 7) is 2.00. The van der Waals surface area contributed by atoms with Crippen molar-refractivity contribution in [2.24, 2.45) is 0 Å². The summed E-state index contributed by atoms with van der Waals surface area (Å²) in [4.78, 5) is 9.32. The smallest absolute Gasteiger partial charge is 0.0968 e. The van der Waals surface area contributed by atoms with Crippen molar-refractivity contribution >= 4 is 21.8 Å². The second kappa shape index (κ2) is 6.02. The first-order valence-electron chi connectivity index (χ1n) is 8.11. The zero-order valence-corrected chi connectivity index (χ0v) is 13.4. The zero-order chi connectivity index (χ0) is 16.5. The van der Waals surface area contributed by atoms with E-state index in [-0.39, 0.29) is 5.92 Å². The Bertz CT molecular complexity index is 998. The van der Waals surface area contributed by atoms with E-state index >= 15 is 0 Å². The van der Waals surface area contributed by atoms with Crippen molar-refractivity contribution in [1.29, 1.82) is 0 Å². The van der Waals surface area contributed by atoms with Gasteiger partial charge in [-0.05, 0) is 17.7 Å². The molecule has 3 heteroatoms. The van der Waals surface area contributed by atoms with E-state index in [0.29, 0.717) is 0 Å². The van der Waals surface area contributed by atoms with Crippen LogP contribution in [-0.2, 0) is 0 Å². The van der Waals surface area contributed by atoms with Gasteiger partial charge >= 0.3 is 0 Å². The van der Waals surface area contributed by atoms with E-state index in [4.69, 9.17) is 4.98 Å². The lowest BCUT2D eigenvalue weighted by molar-refractivity contribution is 0.150. The summed E-state index contributed by atoms with van der Waals surface area (Å²) in [7, 11) is 0. The number of nitrogens with zero attached hydrogens (tertiary/aromatic N) is 2. The average molecular weight is 314 g/mol. The van der Waals surface area contributed by atoms with Crippen LogP contribution < -0.4 is 0 Å². The fourth-order valence-corrected chi connectivity index (χ4v) is 3.09. The Morgan fingerprint density at radius 3 is 2.29 bits per heavy atom. The third kappa shape index (κ3) is 2.53. The lowest BCUT2D eigenvalue weighted by atomic mass is 9.93. The molecule has 0 fully saturated rings. The number of benzene rings is 2. The molecule has 4 aromatic rings. The van der Waals surface area contributed by atoms with Crippen LogP contribution in [0.4, 0.5) is 0 Å². The zero-order valence-electron chi connectivity index (χ0n) is 13.4. The van der Waals surface area contributed by atoms with Crippen LogP contribution in [0, 0.1) is 0 Å². The van der Waals surface area contributed by atoms with Crippen LogP contribution in [0.15, 0.2) is 72.9 Å². The molecular weight excluding hydrogens is 296 g/mol. The van der Waals surface area contributed by atoms with Gasteiger partial charge in [0.15, 0.2) is 0 Å². The molecule has 4 rings (SSSR count). The van der Waals surface area contributed by atoms with E-state index in [1.165, 1.54) is 0 Å². The van der Waals surface area contributed by atoms with Gasteiger partial charge in [-0.3, -0.25) is 9.97 Å². The predicted octanol–water partition coefficient (Wildman–Crippen LogP) is 4.62. The summed E-state index contributed by atoms with van der Waals surface area (Å²) < 4.78 is 0. The molecule has 0 saturated carbocycles. The maximum absolute atomic E-state index is 10.7. The Labute approximate surface area is 140 Å². The molecule has 1 N–H and O–H groups in total. The molecule has 2 aromatic heterocycles. The molecule has 2 atom stereocenters. The average Bonchev–Trinajstić information content (AvgIpc) is 2.67. The molecule has 0 bridgehead atoms. The SMILES string of the molecule is CC(c1ccc2ccc3cccnc3c2n1)C(O)c1ccccc1. The summed E-state index contributed by atoms with van der Waals surface area (Å²) in [5.41, 5.74) is 3.57. The van der Waals surface area contributed by atoms with Gasteiger partial charge in [-0.1, -0.05) is 61.5 Å². The second-order valence-electron chi connectivity index (χ2n) is 6.09. The highest BCUT2D eigenvalue weighted by Crippen LogP contribution is 2.31. The van der Waals surface area contributed by atoms with Crippen LogP contribution in [0.25, 0.3) is 21.8 Å². The Morgan fingerprint density at radius 2 is 1.50 bits per heavy atom. The third-order valence-corrected chi connectivity index (χ3v) is 4.53. The van der Waals surface area contributed by atoms with Gasteiger partial charge in [-0.25, -0.2) is 0 Å². The maximum atomic E-state index is 10.7. The summed E-state index contributed by atoms with van der Waals surface area (Å²) in [6, 6.07) is 21.9. The van der Waals surface area contributed by atoms with Gasteiger partial charge < -0.3 is 5.11 Å². The molecule has 24 heavy (non-hydrogen) atoms. The number of hydrogen-bond acceptors (Lipinski definition) is 3. The van der Waals surface area contributed by atoms with E-state index in [0.717, 1.165) is 33.1 Å². The van der Waals surface area contributed by atoms with E-state index in [9.17, 15) is 5.11 Å². The molecule has 2 aromatic carbocycles. The van der Waals surface area contributed by atoms with Crippen molar-refractivity contribution in [2.75, 3.05) is 0 Å². The van der Waals surface area contributed by atoms with Crippen molar-refractivity contribution in [3.05, 3.63) is 84.2 Å². The number of aliphatic hydroxyl groups excluding tert-OH is 1. The standard InChI is InChI=1S/C21H18N2O/c1-14(21(24)17-6-3-2-4-7-17)18-12-11-16-10-9-15-8-5-13-22-19(15)20(16)23-18/h2-14,21,24H,1H3. The Kier molecular flexibility index (Phi) is 3.71. The van der Waals surface area contributed by atoms with Gasteiger partial charge in [0.2, 0.25) is 0 Å². The molecule has 0 spiro atoms. The lowest BCUT2D eigenvalue weighted by Gasteiger charge is -2.19. The number of aliphatic hydroxyl groups is 1. The number of aromatic nitrogens is 2. The molecule has 0 saturated heterocycles. The fraction of sp³-hybridized carbons (Fsp3) is 0.143. The molecule has 0 aliphatic heterocycles. The molecule has 0 aliphatic carbocycles. The van der Waals surface area contributed by atoms with Crippen molar-refractivity contribution in [2.45, 2.75) is 18.9 Å². The third-order valence-electron chi connectivity index (χ3n) is 4.53. The predicted molar refractivity (Wildman–Crippen MR) is 96.9 cm³/mol. The molecule has 2 heterocycles. The number of pyridine rings is 2. The van der Waals surface area contributed by atoms with Gasteiger partial charge in [0, 0.05) is 28.6 Å². The van der Waals surface area contributed by atoms with Crippen LogP contribution in [0.5, 0.6) is 0 Å². The van der Waals surface area contributed by atoms with Gasteiger partial charge in [0.25, 0.3) is 0 Å². The van der Waals surface area contributed by atoms with Crippen molar-refractivity contribution in [1.82, 2.24) is 9.97 Å². The fourth-order valence-electron chi connectivity index (χ4n) is 3.09. The summed E-state index contributed by atoms with van der Waals surface area (Å²) in [6.07, 6.45) is 1.21. The highest BCUT2D eigenvalue weighted by molar-refractivity contribution is 6.02. The van der Waals surface area contributed by atoms with Crippen LogP contribution in [0.2, 0.25) is 0 Å². The first kappa shape index (κ1) is 14.8. The van der Waals surface area contributed by atoms with Crippen LogP contribution >= 0.6 is 0 Å². The molecule has 118 valence electrons. The minimum Gasteiger partial charge on any atom is -0.388 e. The summed E-state index contributed by atoms with van der Waals surface area (Å²) in [5, 5.41) is 12.8. The minimum atomic E-state index is -0.584. The van der Waals surface area contributed by atoms with Gasteiger partial charge in [0.1, 0.15) is 0 Å². The Balaban J connectivity index is 1.80. The van der Waals surface area contributed by atoms with Crippen molar-refractivity contribution in [3.63, 3.8) is 0 Å². The van der Waals surface area contributed by atoms with Crippen molar-refractivity contribution < 1.29 is 5.11 Å². The molecule has 0 radical (unpaired) electrons. The monoisotopic (exact) mass is 314 g/mol. The largest absolute Gasteiger partial charge is 0.388 e. The summed E-state index contributed by atoms with van der Waals surface area (Å²) in [5.74, 6) is -0.101. The van der Waals surface area contributed by atoms with Crippen molar-refractivity contribution in [3.8, 4) is 0 Å². The van der Waals surface area contributed by atoms with Gasteiger partial charge in [-0.15, -0.1) is 0 Å². The topological polar surface area (TPSA) is 46.0 Å². The van der Waals surface area contributed by atoms with E-state index in [1.807, 2.05) is 55.5 Å². The highest BCUT2D eigenvalue weighted by atomic mass is 16.3. The second-order valence-corrected chi connectivity index (χ2v) is 6.09. The maximum Gasteiger partial charge on any atom is 0.0968 e.